The number of rotatable bonds is 13. The maximum atomic E-state index is 2.77. The molecule has 0 aliphatic carbocycles. The van der Waals surface area contributed by atoms with Gasteiger partial charge in [0.15, 0.2) is 0 Å². The summed E-state index contributed by atoms with van der Waals surface area (Å²) in [5.74, 6) is 1.41. The summed E-state index contributed by atoms with van der Waals surface area (Å²) in [5.41, 5.74) is 1.06. The molecule has 0 aromatic carbocycles. The van der Waals surface area contributed by atoms with E-state index in [1.807, 2.05) is 0 Å². The topological polar surface area (TPSA) is 0 Å². The van der Waals surface area contributed by atoms with Crippen molar-refractivity contribution in [2.45, 2.75) is 108 Å². The summed E-state index contributed by atoms with van der Waals surface area (Å²) in [6.45, 7) is 12.4. The van der Waals surface area contributed by atoms with Gasteiger partial charge in [-0.1, -0.05) is 0 Å². The van der Waals surface area contributed by atoms with Gasteiger partial charge in [0.1, 0.15) is 0 Å². The van der Waals surface area contributed by atoms with Crippen LogP contribution in [0, 0.1) is 0 Å². The van der Waals surface area contributed by atoms with Gasteiger partial charge in [-0.2, -0.15) is 0 Å². The average Bonchev–Trinajstić information content (AvgIpc) is 2.45. The van der Waals surface area contributed by atoms with Gasteiger partial charge in [-0.3, -0.25) is 0 Å². The average molecular weight is 349 g/mol. The van der Waals surface area contributed by atoms with Crippen LogP contribution in [-0.4, -0.2) is 10.9 Å². The molecule has 0 N–H and O–H groups in total. The van der Waals surface area contributed by atoms with Gasteiger partial charge in [0.25, 0.3) is 0 Å². The molecule has 0 aliphatic rings. The molecule has 0 radical (unpaired) electrons. The fraction of sp³-hybridized carbons (Fsp3) is 1.00. The third-order valence-corrected chi connectivity index (χ3v) is 42.0. The molecule has 0 saturated carbocycles. The normalized spacial score (nSPS) is 14.1. The molecule has 0 amide bonds. The molecular formula is C17H40PScSi. The second kappa shape index (κ2) is 13.0. The summed E-state index contributed by atoms with van der Waals surface area (Å²) in [4.78, 5) is 0. The summed E-state index contributed by atoms with van der Waals surface area (Å²) in [5, 5.41) is -0.749. The number of hydrogen-bond donors (Lipinski definition) is 0. The molecule has 0 saturated heterocycles. The molecular weight excluding hydrogens is 308 g/mol. The molecule has 0 heterocycles. The quantitative estimate of drug-likeness (QED) is 0.185. The van der Waals surface area contributed by atoms with Crippen molar-refractivity contribution in [2.75, 3.05) is 0 Å². The molecule has 0 fully saturated rings. The predicted molar refractivity (Wildman–Crippen MR) is 98.8 cm³/mol. The van der Waals surface area contributed by atoms with E-state index in [4.69, 9.17) is 0 Å². The van der Waals surface area contributed by atoms with Crippen LogP contribution < -0.4 is 0 Å². The first-order chi connectivity index (χ1) is 9.56. The van der Waals surface area contributed by atoms with Crippen LogP contribution in [0.15, 0.2) is 0 Å². The zero-order valence-corrected chi connectivity index (χ0v) is 19.0. The van der Waals surface area contributed by atoms with Crippen LogP contribution in [0.3, 0.4) is 0 Å². The Hall–Kier alpha value is 1.52. The Bertz CT molecular complexity index is 211. The van der Waals surface area contributed by atoms with E-state index < -0.39 is 25.3 Å². The zero-order valence-electron chi connectivity index (χ0n) is 15.2. The van der Waals surface area contributed by atoms with E-state index >= 15 is 0 Å². The Morgan fingerprint density at radius 2 is 1.35 bits per heavy atom. The molecule has 120 valence electrons. The second-order valence-electron chi connectivity index (χ2n) is 6.77. The van der Waals surface area contributed by atoms with Gasteiger partial charge >= 0.3 is 139 Å². The summed E-state index contributed by atoms with van der Waals surface area (Å²) in [7, 11) is 0. The number of unbranched alkanes of at least 4 members (excludes halogenated alkanes) is 5. The van der Waals surface area contributed by atoms with Crippen molar-refractivity contribution < 1.29 is 20.0 Å². The van der Waals surface area contributed by atoms with Crippen LogP contribution in [0.2, 0.25) is 22.8 Å². The first-order valence-electron chi connectivity index (χ1n) is 9.32. The monoisotopic (exact) mass is 348 g/mol. The molecule has 0 bridgehead atoms. The first-order valence-corrected chi connectivity index (χ1v) is 20.4. The summed E-state index contributed by atoms with van der Waals surface area (Å²) in [6, 6.07) is 4.74. The molecule has 0 aromatic rings. The van der Waals surface area contributed by atoms with E-state index in [0.717, 1.165) is 5.66 Å². The molecule has 20 heavy (non-hydrogen) atoms. The fourth-order valence-corrected chi connectivity index (χ4v) is 39.0. The second-order valence-corrected chi connectivity index (χ2v) is 32.0. The van der Waals surface area contributed by atoms with Crippen molar-refractivity contribution in [2.24, 2.45) is 0 Å². The van der Waals surface area contributed by atoms with Gasteiger partial charge < -0.3 is 0 Å². The predicted octanol–water partition coefficient (Wildman–Crippen LogP) is 7.39. The van der Waals surface area contributed by atoms with Crippen LogP contribution in [0.25, 0.3) is 0 Å². The SMILES string of the molecule is CCCCCCCCC(C)[PH][Sc]([CH3])[Si](CC)(CC)CC. The molecule has 2 unspecified atom stereocenters. The van der Waals surface area contributed by atoms with Crippen molar-refractivity contribution in [1.82, 2.24) is 0 Å². The van der Waals surface area contributed by atoms with E-state index in [2.05, 4.69) is 39.3 Å². The maximum absolute atomic E-state index is 2.77. The van der Waals surface area contributed by atoms with E-state index in [-0.39, 0.29) is 0 Å². The summed E-state index contributed by atoms with van der Waals surface area (Å²) < 4.78 is 2.77. The minimum atomic E-state index is -0.928. The van der Waals surface area contributed by atoms with E-state index in [1.165, 1.54) is 50.9 Å². The minimum absolute atomic E-state index is 0.749. The van der Waals surface area contributed by atoms with Crippen LogP contribution in [-0.2, 0) is 20.0 Å². The first kappa shape index (κ1) is 21.5. The van der Waals surface area contributed by atoms with Crippen LogP contribution in [0.1, 0.15) is 79.6 Å². The molecule has 0 rings (SSSR count). The summed E-state index contributed by atoms with van der Waals surface area (Å²) in [6.07, 6.45) is 10.3. The standard InChI is InChI=1S/C10H22P.C6H15Si.CH3.Sc/c1-3-4-5-6-7-8-9-10(2)11;1-4-7(5-2)6-3;;/h10-11H,3-9H2,1-2H3;4-6H2,1-3H3;1H3;/q-1;;;+1. The van der Waals surface area contributed by atoms with E-state index in [1.54, 1.807) is 18.1 Å². The van der Waals surface area contributed by atoms with Crippen molar-refractivity contribution >= 4 is 11.2 Å². The van der Waals surface area contributed by atoms with Gasteiger partial charge in [0.2, 0.25) is 0 Å². The van der Waals surface area contributed by atoms with Gasteiger partial charge in [0, 0.05) is 0 Å². The third-order valence-electron chi connectivity index (χ3n) is 5.56. The van der Waals surface area contributed by atoms with Crippen molar-refractivity contribution in [3.8, 4) is 0 Å². The molecule has 0 nitrogen and oxygen atoms in total. The van der Waals surface area contributed by atoms with Crippen LogP contribution in [0.5, 0.6) is 0 Å². The Morgan fingerprint density at radius 1 is 0.850 bits per heavy atom. The van der Waals surface area contributed by atoms with E-state index in [9.17, 15) is 0 Å². The molecule has 0 aliphatic heterocycles. The Balaban J connectivity index is 3.91. The Labute approximate surface area is 138 Å². The van der Waals surface area contributed by atoms with Gasteiger partial charge in [-0.05, 0) is 0 Å². The third kappa shape index (κ3) is 8.23. The molecule has 2 atom stereocenters. The summed E-state index contributed by atoms with van der Waals surface area (Å²) >= 11 is -0.928. The van der Waals surface area contributed by atoms with Gasteiger partial charge in [-0.15, -0.1) is 0 Å². The Morgan fingerprint density at radius 3 is 1.85 bits per heavy atom. The van der Waals surface area contributed by atoms with Crippen molar-refractivity contribution in [1.29, 1.82) is 0 Å². The Kier molecular flexibility index (Phi) is 14.0. The van der Waals surface area contributed by atoms with Crippen molar-refractivity contribution in [3.05, 3.63) is 0 Å². The van der Waals surface area contributed by atoms with Crippen LogP contribution >= 0.6 is 5.93 Å². The molecule has 3 heteroatoms. The van der Waals surface area contributed by atoms with E-state index in [0.29, 0.717) is 0 Å². The van der Waals surface area contributed by atoms with Crippen LogP contribution in [0.4, 0.5) is 0 Å². The van der Waals surface area contributed by atoms with Gasteiger partial charge in [0.05, 0.1) is 0 Å². The van der Waals surface area contributed by atoms with Gasteiger partial charge in [-0.25, -0.2) is 0 Å². The van der Waals surface area contributed by atoms with Crippen molar-refractivity contribution in [3.63, 3.8) is 0 Å². The molecule has 0 spiro atoms. The zero-order chi connectivity index (χ0) is 15.4. The fourth-order valence-electron chi connectivity index (χ4n) is 3.59. The molecule has 0 aromatic heterocycles. The number of hydrogen-bond acceptors (Lipinski definition) is 0.